The van der Waals surface area contributed by atoms with Crippen molar-refractivity contribution in [3.63, 3.8) is 0 Å². The van der Waals surface area contributed by atoms with E-state index in [-0.39, 0.29) is 20.8 Å². The van der Waals surface area contributed by atoms with Crippen molar-refractivity contribution in [3.05, 3.63) is 51.3 Å². The highest BCUT2D eigenvalue weighted by molar-refractivity contribution is 6.33. The van der Waals surface area contributed by atoms with E-state index in [1.165, 1.54) is 0 Å². The van der Waals surface area contributed by atoms with Gasteiger partial charge in [0.05, 0.1) is 17.7 Å². The lowest BCUT2D eigenvalue weighted by molar-refractivity contribution is -0.292. The minimum absolute atomic E-state index is 0.135. The van der Waals surface area contributed by atoms with Crippen LogP contribution >= 0.6 is 11.6 Å². The molecule has 0 spiro atoms. The number of ether oxygens (including phenoxy) is 1. The first-order valence-electron chi connectivity index (χ1n) is 8.48. The van der Waals surface area contributed by atoms with Crippen LogP contribution in [0.15, 0.2) is 23.4 Å². The fraction of sp³-hybridized carbons (Fsp3) is 0.294. The highest BCUT2D eigenvalue weighted by Crippen LogP contribution is 2.48. The van der Waals surface area contributed by atoms with E-state index in [0.717, 1.165) is 25.3 Å². The molecule has 1 aromatic carbocycles. The summed E-state index contributed by atoms with van der Waals surface area (Å²) in [5.41, 5.74) is -7.78. The van der Waals surface area contributed by atoms with Crippen molar-refractivity contribution in [1.82, 2.24) is 15.1 Å². The molecule has 2 rings (SSSR count). The molecule has 8 nitrogen and oxygen atoms in total. The van der Waals surface area contributed by atoms with Gasteiger partial charge in [-0.05, 0) is 18.2 Å². The summed E-state index contributed by atoms with van der Waals surface area (Å²) in [6.07, 6.45) is -12.3. The van der Waals surface area contributed by atoms with E-state index >= 15 is 0 Å². The Kier molecular flexibility index (Phi) is 7.16. The third kappa shape index (κ3) is 4.90. The van der Waals surface area contributed by atoms with Crippen LogP contribution in [0.4, 0.5) is 35.1 Å². The number of amidine groups is 1. The second kappa shape index (κ2) is 9.08. The number of rotatable bonds is 4. The third-order valence-electron chi connectivity index (χ3n) is 4.18. The molecule has 1 heterocycles. The number of carbonyl (C=O) groups is 2. The van der Waals surface area contributed by atoms with Crippen molar-refractivity contribution in [1.29, 1.82) is 0 Å². The highest BCUT2D eigenvalue weighted by Gasteiger charge is 2.64. The number of esters is 1. The Hall–Kier alpha value is -3.43. The van der Waals surface area contributed by atoms with Gasteiger partial charge >= 0.3 is 24.2 Å². The number of aryl methyl sites for hydroxylation is 1. The van der Waals surface area contributed by atoms with Gasteiger partial charge in [0.1, 0.15) is 11.3 Å². The maximum absolute atomic E-state index is 13.7. The zero-order chi connectivity index (χ0) is 26.2. The van der Waals surface area contributed by atoms with Gasteiger partial charge in [0.15, 0.2) is 11.5 Å². The van der Waals surface area contributed by atoms with Gasteiger partial charge in [0, 0.05) is 12.6 Å². The first kappa shape index (κ1) is 26.8. The summed E-state index contributed by atoms with van der Waals surface area (Å²) >= 11 is 5.80. The monoisotopic (exact) mass is 522 g/mol. The molecule has 0 radical (unpaired) electrons. The molecule has 2 aromatic rings. The lowest BCUT2D eigenvalue weighted by Gasteiger charge is -2.19. The van der Waals surface area contributed by atoms with Crippen LogP contribution in [0.3, 0.4) is 0 Å². The van der Waals surface area contributed by atoms with Crippen LogP contribution < -0.4 is 5.32 Å². The Morgan fingerprint density at radius 1 is 1.15 bits per heavy atom. The highest BCUT2D eigenvalue weighted by atomic mass is 35.5. The van der Waals surface area contributed by atoms with Gasteiger partial charge in [-0.2, -0.15) is 40.2 Å². The zero-order valence-corrected chi connectivity index (χ0v) is 17.4. The molecule has 0 saturated heterocycles. The first-order chi connectivity index (χ1) is 15.5. The van der Waals surface area contributed by atoms with Crippen LogP contribution in [-0.2, 0) is 23.9 Å². The third-order valence-corrected chi connectivity index (χ3v) is 4.51. The minimum atomic E-state index is -6.46. The molecule has 186 valence electrons. The van der Waals surface area contributed by atoms with Crippen LogP contribution in [0.25, 0.3) is 0 Å². The number of nitrogens with zero attached hydrogens (tertiary/aromatic N) is 3. The van der Waals surface area contributed by atoms with Gasteiger partial charge in [0.25, 0.3) is 5.91 Å². The number of amides is 1. The number of benzene rings is 1. The topological polar surface area (TPSA) is 106 Å². The number of aromatic nitrogens is 2. The largest absolute Gasteiger partial charge is 0.465 e. The lowest BCUT2D eigenvalue weighted by atomic mass is 10.1. The molecule has 17 heteroatoms. The molecule has 0 aliphatic rings. The summed E-state index contributed by atoms with van der Waals surface area (Å²) in [7, 11) is 1.51. The molecule has 0 atom stereocenters. The molecule has 0 fully saturated rings. The standard InChI is InChI=1S/C17H11ClF8N4O4/c1-30-10(9(16(21,22)23)11(28-30)15(19,20)17(24,25)26)13(31)27-12(29-33)6-3-4-8(18)7(5-6)14(32)34-2/h3-5,33H,1-2H3,(H,27,29,31). The molecular formula is C17H11ClF8N4O4. The van der Waals surface area contributed by atoms with Gasteiger partial charge in [-0.25, -0.2) is 4.79 Å². The summed E-state index contributed by atoms with van der Waals surface area (Å²) in [6.45, 7) is 0. The van der Waals surface area contributed by atoms with Crippen molar-refractivity contribution in [3.8, 4) is 0 Å². The lowest BCUT2D eigenvalue weighted by Crippen LogP contribution is -2.37. The van der Waals surface area contributed by atoms with Gasteiger partial charge in [0.2, 0.25) is 0 Å². The van der Waals surface area contributed by atoms with E-state index in [4.69, 9.17) is 11.6 Å². The molecular weight excluding hydrogens is 512 g/mol. The first-order valence-corrected chi connectivity index (χ1v) is 8.86. The summed E-state index contributed by atoms with van der Waals surface area (Å²) < 4.78 is 110. The quantitative estimate of drug-likeness (QED) is 0.157. The average Bonchev–Trinajstić information content (AvgIpc) is 3.09. The number of carbonyl (C=O) groups excluding carboxylic acids is 2. The van der Waals surface area contributed by atoms with Crippen LogP contribution in [0.1, 0.15) is 37.7 Å². The fourth-order valence-corrected chi connectivity index (χ4v) is 2.86. The normalized spacial score (nSPS) is 13.1. The molecule has 0 bridgehead atoms. The molecule has 1 aromatic heterocycles. The van der Waals surface area contributed by atoms with Crippen molar-refractivity contribution in [2.45, 2.75) is 18.3 Å². The van der Waals surface area contributed by atoms with Gasteiger partial charge in [-0.15, -0.1) is 0 Å². The van der Waals surface area contributed by atoms with E-state index < -0.39 is 52.9 Å². The van der Waals surface area contributed by atoms with Crippen LogP contribution in [0, 0.1) is 0 Å². The van der Waals surface area contributed by atoms with Crippen molar-refractivity contribution in [2.75, 3.05) is 7.11 Å². The Morgan fingerprint density at radius 3 is 2.21 bits per heavy atom. The molecule has 2 N–H and O–H groups in total. The number of halogens is 9. The Balaban J connectivity index is 2.60. The number of nitrogens with one attached hydrogen (secondary N) is 1. The molecule has 0 aliphatic heterocycles. The predicted molar refractivity (Wildman–Crippen MR) is 96.7 cm³/mol. The summed E-state index contributed by atoms with van der Waals surface area (Å²) in [6, 6.07) is 3.01. The summed E-state index contributed by atoms with van der Waals surface area (Å²) in [5, 5.41) is 15.9. The van der Waals surface area contributed by atoms with E-state index in [0.29, 0.717) is 7.05 Å². The molecule has 34 heavy (non-hydrogen) atoms. The molecule has 0 unspecified atom stereocenters. The molecule has 0 saturated carbocycles. The minimum Gasteiger partial charge on any atom is -0.465 e. The SMILES string of the molecule is COC(=O)c1cc(/C(=N\O)NC(=O)c2c(C(F)(F)F)c(C(F)(F)C(F)(F)F)nn2C)ccc1Cl. The van der Waals surface area contributed by atoms with E-state index in [1.807, 2.05) is 0 Å². The van der Waals surface area contributed by atoms with E-state index in [2.05, 4.69) is 15.0 Å². The Bertz CT molecular complexity index is 1160. The van der Waals surface area contributed by atoms with Crippen LogP contribution in [-0.4, -0.2) is 46.0 Å². The smallest absolute Gasteiger partial charge is 0.459 e. The fourth-order valence-electron chi connectivity index (χ4n) is 2.67. The number of hydrogen-bond acceptors (Lipinski definition) is 6. The van der Waals surface area contributed by atoms with Crippen molar-refractivity contribution in [2.24, 2.45) is 12.2 Å². The van der Waals surface area contributed by atoms with E-state index in [9.17, 15) is 49.9 Å². The number of oxime groups is 1. The maximum atomic E-state index is 13.7. The molecule has 1 amide bonds. The second-order valence-electron chi connectivity index (χ2n) is 6.35. The van der Waals surface area contributed by atoms with Crippen molar-refractivity contribution < 1.29 is 54.7 Å². The van der Waals surface area contributed by atoms with Gasteiger partial charge < -0.3 is 15.3 Å². The molecule has 0 aliphatic carbocycles. The van der Waals surface area contributed by atoms with Gasteiger partial charge in [-0.1, -0.05) is 16.8 Å². The maximum Gasteiger partial charge on any atom is 0.459 e. The number of hydrogen-bond donors (Lipinski definition) is 2. The Labute approximate surface area is 188 Å². The van der Waals surface area contributed by atoms with Crippen LogP contribution in [0.2, 0.25) is 5.02 Å². The van der Waals surface area contributed by atoms with E-state index in [1.54, 1.807) is 5.32 Å². The Morgan fingerprint density at radius 2 is 1.74 bits per heavy atom. The van der Waals surface area contributed by atoms with Crippen LogP contribution in [0.5, 0.6) is 0 Å². The van der Waals surface area contributed by atoms with Gasteiger partial charge in [-0.3, -0.25) is 9.48 Å². The number of alkyl halides is 8. The predicted octanol–water partition coefficient (Wildman–Crippen LogP) is 4.10. The van der Waals surface area contributed by atoms with Crippen molar-refractivity contribution >= 4 is 29.3 Å². The second-order valence-corrected chi connectivity index (χ2v) is 6.76. The zero-order valence-electron chi connectivity index (χ0n) is 16.6. The summed E-state index contributed by atoms with van der Waals surface area (Å²) in [5.74, 6) is -9.87. The average molecular weight is 523 g/mol. The number of methoxy groups -OCH3 is 1. The summed E-state index contributed by atoms with van der Waals surface area (Å²) in [4.78, 5) is 24.2.